The average Bonchev–Trinajstić information content (AvgIpc) is 2.82. The number of esters is 1. The number of hydrogen-bond acceptors (Lipinski definition) is 6. The van der Waals surface area contributed by atoms with Gasteiger partial charge in [-0.25, -0.2) is 4.79 Å². The lowest BCUT2D eigenvalue weighted by molar-refractivity contribution is -0.136. The minimum Gasteiger partial charge on any atom is -0.493 e. The fraction of sp³-hybridized carbons (Fsp3) is 0.286. The van der Waals surface area contributed by atoms with E-state index in [1.165, 1.54) is 11.9 Å². The number of rotatable bonds is 2. The summed E-state index contributed by atoms with van der Waals surface area (Å²) in [4.78, 5) is 13.1. The maximum Gasteiger partial charge on any atom is 0.333 e. The number of aryl methyl sites for hydroxylation is 1. The first-order chi connectivity index (χ1) is 10.2. The zero-order chi connectivity index (χ0) is 14.8. The van der Waals surface area contributed by atoms with Crippen LogP contribution in [0.25, 0.3) is 17.5 Å². The summed E-state index contributed by atoms with van der Waals surface area (Å²) >= 11 is 0. The summed E-state index contributed by atoms with van der Waals surface area (Å²) in [6, 6.07) is 5.59. The minimum absolute atomic E-state index is 0.338. The van der Waals surface area contributed by atoms with Crippen LogP contribution in [0, 0.1) is 0 Å². The first-order valence-corrected chi connectivity index (χ1v) is 6.47. The van der Waals surface area contributed by atoms with Gasteiger partial charge in [0.1, 0.15) is 5.75 Å². The number of fused-ring (bicyclic) bond motifs is 1. The lowest BCUT2D eigenvalue weighted by Gasteiger charge is -2.06. The van der Waals surface area contributed by atoms with E-state index in [2.05, 4.69) is 15.4 Å². The zero-order valence-corrected chi connectivity index (χ0v) is 11.7. The monoisotopic (exact) mass is 286 g/mol. The lowest BCUT2D eigenvalue weighted by atomic mass is 10.1. The van der Waals surface area contributed by atoms with Gasteiger partial charge in [-0.3, -0.25) is 0 Å². The Balaban J connectivity index is 2.03. The van der Waals surface area contributed by atoms with Gasteiger partial charge in [-0.05, 0) is 29.5 Å². The van der Waals surface area contributed by atoms with Gasteiger partial charge in [0.05, 0.1) is 20.8 Å². The SMILES string of the molecule is COC(=O)C1=Cc2cc(-c3nnn(C)n3)ccc2OCC1. The van der Waals surface area contributed by atoms with Crippen LogP contribution in [0.15, 0.2) is 23.8 Å². The van der Waals surface area contributed by atoms with E-state index in [0.29, 0.717) is 24.4 Å². The van der Waals surface area contributed by atoms with Gasteiger partial charge < -0.3 is 9.47 Å². The van der Waals surface area contributed by atoms with Gasteiger partial charge in [0.25, 0.3) is 0 Å². The molecule has 0 N–H and O–H groups in total. The molecule has 0 radical (unpaired) electrons. The van der Waals surface area contributed by atoms with Crippen LogP contribution in [0.4, 0.5) is 0 Å². The molecule has 0 spiro atoms. The summed E-state index contributed by atoms with van der Waals surface area (Å²) in [6.45, 7) is 0.441. The summed E-state index contributed by atoms with van der Waals surface area (Å²) in [7, 11) is 3.08. The summed E-state index contributed by atoms with van der Waals surface area (Å²) in [5.41, 5.74) is 2.20. The zero-order valence-electron chi connectivity index (χ0n) is 11.7. The predicted octanol–water partition coefficient (Wildman–Crippen LogP) is 1.22. The second-order valence-corrected chi connectivity index (χ2v) is 4.61. The molecule has 0 saturated heterocycles. The lowest BCUT2D eigenvalue weighted by Crippen LogP contribution is -2.06. The van der Waals surface area contributed by atoms with Gasteiger partial charge in [0, 0.05) is 23.1 Å². The molecule has 108 valence electrons. The van der Waals surface area contributed by atoms with E-state index in [0.717, 1.165) is 16.9 Å². The molecule has 7 heteroatoms. The van der Waals surface area contributed by atoms with Gasteiger partial charge in [0.15, 0.2) is 0 Å². The summed E-state index contributed by atoms with van der Waals surface area (Å²) in [6.07, 6.45) is 2.30. The smallest absolute Gasteiger partial charge is 0.333 e. The Morgan fingerprint density at radius 2 is 2.29 bits per heavy atom. The molecule has 0 amide bonds. The van der Waals surface area contributed by atoms with Crippen LogP contribution >= 0.6 is 0 Å². The average molecular weight is 286 g/mol. The van der Waals surface area contributed by atoms with Crippen molar-refractivity contribution in [3.05, 3.63) is 29.3 Å². The van der Waals surface area contributed by atoms with Crippen molar-refractivity contribution >= 4 is 12.0 Å². The molecule has 3 rings (SSSR count). The largest absolute Gasteiger partial charge is 0.493 e. The number of ether oxygens (including phenoxy) is 2. The Labute approximate surface area is 121 Å². The Hall–Kier alpha value is -2.70. The summed E-state index contributed by atoms with van der Waals surface area (Å²) in [5, 5.41) is 12.0. The maximum atomic E-state index is 11.7. The van der Waals surface area contributed by atoms with E-state index in [-0.39, 0.29) is 5.97 Å². The summed E-state index contributed by atoms with van der Waals surface area (Å²) < 4.78 is 10.4. The van der Waals surface area contributed by atoms with Crippen molar-refractivity contribution in [2.75, 3.05) is 13.7 Å². The van der Waals surface area contributed by atoms with Gasteiger partial charge in [0.2, 0.25) is 5.82 Å². The quantitative estimate of drug-likeness (QED) is 0.772. The van der Waals surface area contributed by atoms with Crippen molar-refractivity contribution in [1.82, 2.24) is 20.2 Å². The molecule has 0 bridgehead atoms. The van der Waals surface area contributed by atoms with Crippen molar-refractivity contribution in [1.29, 1.82) is 0 Å². The first-order valence-electron chi connectivity index (χ1n) is 6.47. The number of methoxy groups -OCH3 is 1. The van der Waals surface area contributed by atoms with E-state index in [1.807, 2.05) is 18.2 Å². The van der Waals surface area contributed by atoms with Gasteiger partial charge in [-0.1, -0.05) is 0 Å². The number of nitrogens with zero attached hydrogens (tertiary/aromatic N) is 4. The fourth-order valence-electron chi connectivity index (χ4n) is 2.15. The fourth-order valence-corrected chi connectivity index (χ4v) is 2.15. The molecule has 0 atom stereocenters. The van der Waals surface area contributed by atoms with Gasteiger partial charge >= 0.3 is 5.97 Å². The molecule has 1 aromatic heterocycles. The third-order valence-corrected chi connectivity index (χ3v) is 3.18. The molecule has 1 aliphatic heterocycles. The third kappa shape index (κ3) is 2.62. The number of tetrazole rings is 1. The Morgan fingerprint density at radius 1 is 1.43 bits per heavy atom. The second kappa shape index (κ2) is 5.35. The number of hydrogen-bond donors (Lipinski definition) is 0. The molecule has 1 aromatic carbocycles. The second-order valence-electron chi connectivity index (χ2n) is 4.61. The van der Waals surface area contributed by atoms with Crippen LogP contribution in [0.1, 0.15) is 12.0 Å². The highest BCUT2D eigenvalue weighted by atomic mass is 16.5. The Kier molecular flexibility index (Phi) is 3.39. The van der Waals surface area contributed by atoms with Crippen molar-refractivity contribution in [2.45, 2.75) is 6.42 Å². The molecular formula is C14H14N4O3. The Bertz CT molecular complexity index is 721. The third-order valence-electron chi connectivity index (χ3n) is 3.18. The van der Waals surface area contributed by atoms with Gasteiger partial charge in [-0.2, -0.15) is 4.80 Å². The van der Waals surface area contributed by atoms with Crippen LogP contribution in [0.2, 0.25) is 0 Å². The highest BCUT2D eigenvalue weighted by molar-refractivity contribution is 5.94. The predicted molar refractivity (Wildman–Crippen MR) is 74.3 cm³/mol. The molecule has 7 nitrogen and oxygen atoms in total. The van der Waals surface area contributed by atoms with Crippen LogP contribution in [0.5, 0.6) is 5.75 Å². The molecule has 21 heavy (non-hydrogen) atoms. The van der Waals surface area contributed by atoms with E-state index in [4.69, 9.17) is 9.47 Å². The summed E-state index contributed by atoms with van der Waals surface area (Å²) in [5.74, 6) is 0.911. The van der Waals surface area contributed by atoms with E-state index >= 15 is 0 Å². The topological polar surface area (TPSA) is 79.1 Å². The maximum absolute atomic E-state index is 11.7. The molecule has 2 aromatic rings. The molecular weight excluding hydrogens is 272 g/mol. The van der Waals surface area contributed by atoms with Crippen molar-refractivity contribution in [2.24, 2.45) is 7.05 Å². The Morgan fingerprint density at radius 3 is 3.00 bits per heavy atom. The molecule has 0 saturated carbocycles. The number of carbonyl (C=O) groups is 1. The molecule has 0 unspecified atom stereocenters. The normalized spacial score (nSPS) is 13.7. The molecule has 1 aliphatic rings. The van der Waals surface area contributed by atoms with Crippen LogP contribution in [-0.4, -0.2) is 39.9 Å². The first kappa shape index (κ1) is 13.3. The van der Waals surface area contributed by atoms with Crippen molar-refractivity contribution < 1.29 is 14.3 Å². The van der Waals surface area contributed by atoms with Crippen molar-refractivity contribution in [3.8, 4) is 17.1 Å². The molecule has 0 fully saturated rings. The van der Waals surface area contributed by atoms with E-state index < -0.39 is 0 Å². The van der Waals surface area contributed by atoms with Gasteiger partial charge in [-0.15, -0.1) is 10.2 Å². The van der Waals surface area contributed by atoms with E-state index in [9.17, 15) is 4.79 Å². The van der Waals surface area contributed by atoms with Crippen LogP contribution in [-0.2, 0) is 16.6 Å². The van der Waals surface area contributed by atoms with Crippen molar-refractivity contribution in [3.63, 3.8) is 0 Å². The van der Waals surface area contributed by atoms with E-state index in [1.54, 1.807) is 13.1 Å². The highest BCUT2D eigenvalue weighted by Crippen LogP contribution is 2.29. The standard InChI is InChI=1S/C14H14N4O3/c1-18-16-13(15-17-18)9-3-4-12-11(7-9)8-10(5-6-21-12)14(19)20-2/h3-4,7-8H,5-6H2,1-2H3. The minimum atomic E-state index is -0.338. The highest BCUT2D eigenvalue weighted by Gasteiger charge is 2.17. The number of carbonyl (C=O) groups excluding carboxylic acids is 1. The molecule has 2 heterocycles. The molecule has 0 aliphatic carbocycles. The van der Waals surface area contributed by atoms with Crippen LogP contribution in [0.3, 0.4) is 0 Å². The van der Waals surface area contributed by atoms with Crippen LogP contribution < -0.4 is 4.74 Å². The number of aromatic nitrogens is 4. The number of benzene rings is 1.